The number of hydrogen-bond acceptors (Lipinski definition) is 1. The van der Waals surface area contributed by atoms with E-state index in [2.05, 4.69) is 98.8 Å². The van der Waals surface area contributed by atoms with Gasteiger partial charge in [-0.2, -0.15) is 0 Å². The van der Waals surface area contributed by atoms with Crippen molar-refractivity contribution in [3.8, 4) is 22.6 Å². The molecule has 6 rings (SSSR count). The van der Waals surface area contributed by atoms with Crippen molar-refractivity contribution in [3.05, 3.63) is 118 Å². The van der Waals surface area contributed by atoms with Crippen molar-refractivity contribution in [2.45, 2.75) is 96.3 Å². The maximum atomic E-state index is 6.72. The van der Waals surface area contributed by atoms with Crippen LogP contribution in [0.3, 0.4) is 0 Å². The first-order valence-electron chi connectivity index (χ1n) is 15.9. The number of hydrogen-bond donors (Lipinski definition) is 0. The Morgan fingerprint density at radius 1 is 0.475 bits per heavy atom. The highest BCUT2D eigenvalue weighted by Gasteiger charge is 2.51. The van der Waals surface area contributed by atoms with Gasteiger partial charge >= 0.3 is 0 Å². The summed E-state index contributed by atoms with van der Waals surface area (Å²) in [6, 6.07) is 32.2. The molecule has 0 amide bonds. The van der Waals surface area contributed by atoms with E-state index in [1.54, 1.807) is 0 Å². The molecule has 0 fully saturated rings. The van der Waals surface area contributed by atoms with E-state index in [0.717, 1.165) is 24.3 Å². The van der Waals surface area contributed by atoms with Gasteiger partial charge in [0.25, 0.3) is 0 Å². The van der Waals surface area contributed by atoms with E-state index in [1.807, 2.05) is 0 Å². The molecule has 4 aromatic carbocycles. The molecule has 40 heavy (non-hydrogen) atoms. The zero-order valence-electron chi connectivity index (χ0n) is 24.5. The van der Waals surface area contributed by atoms with Crippen molar-refractivity contribution in [1.82, 2.24) is 0 Å². The summed E-state index contributed by atoms with van der Waals surface area (Å²) in [7, 11) is 0. The van der Waals surface area contributed by atoms with E-state index in [4.69, 9.17) is 4.74 Å². The van der Waals surface area contributed by atoms with E-state index in [1.165, 1.54) is 109 Å². The molecule has 0 saturated heterocycles. The number of aryl methyl sites for hydroxylation is 2. The minimum atomic E-state index is -0.355. The first-order chi connectivity index (χ1) is 19.8. The van der Waals surface area contributed by atoms with Gasteiger partial charge in [0.1, 0.15) is 11.5 Å². The third-order valence-corrected chi connectivity index (χ3v) is 9.21. The summed E-state index contributed by atoms with van der Waals surface area (Å²) in [5, 5.41) is 0. The van der Waals surface area contributed by atoms with Gasteiger partial charge in [-0.15, -0.1) is 0 Å². The maximum Gasteiger partial charge on any atom is 0.132 e. The Morgan fingerprint density at radius 2 is 0.925 bits per heavy atom. The zero-order chi connectivity index (χ0) is 27.4. The number of unbranched alkanes of at least 4 members (excludes halogenated alkanes) is 8. The maximum absolute atomic E-state index is 6.72. The van der Waals surface area contributed by atoms with Gasteiger partial charge in [-0.25, -0.2) is 0 Å². The highest BCUT2D eigenvalue weighted by molar-refractivity contribution is 5.88. The van der Waals surface area contributed by atoms with Crippen LogP contribution in [-0.2, 0) is 18.3 Å². The van der Waals surface area contributed by atoms with Crippen LogP contribution in [0, 0.1) is 0 Å². The van der Waals surface area contributed by atoms with Gasteiger partial charge in [0.15, 0.2) is 0 Å². The van der Waals surface area contributed by atoms with Crippen molar-refractivity contribution in [2.24, 2.45) is 0 Å². The Kier molecular flexibility index (Phi) is 8.10. The predicted octanol–water partition coefficient (Wildman–Crippen LogP) is 11.2. The summed E-state index contributed by atoms with van der Waals surface area (Å²) in [5.74, 6) is 2.00. The smallest absolute Gasteiger partial charge is 0.132 e. The van der Waals surface area contributed by atoms with Crippen LogP contribution in [0.4, 0.5) is 0 Å². The number of benzene rings is 4. The Labute approximate surface area is 241 Å². The molecule has 1 spiro atoms. The Morgan fingerprint density at radius 3 is 1.40 bits per heavy atom. The summed E-state index contributed by atoms with van der Waals surface area (Å²) in [4.78, 5) is 0. The molecule has 0 radical (unpaired) electrons. The first kappa shape index (κ1) is 26.9. The number of fused-ring (bicyclic) bond motifs is 9. The Hall–Kier alpha value is -3.32. The quantitative estimate of drug-likeness (QED) is 0.144. The third-order valence-electron chi connectivity index (χ3n) is 9.21. The summed E-state index contributed by atoms with van der Waals surface area (Å²) >= 11 is 0. The topological polar surface area (TPSA) is 9.23 Å². The molecule has 2 aliphatic rings. The van der Waals surface area contributed by atoms with Gasteiger partial charge < -0.3 is 4.74 Å². The van der Waals surface area contributed by atoms with E-state index in [9.17, 15) is 0 Å². The molecule has 0 bridgehead atoms. The molecule has 1 aliphatic heterocycles. The standard InChI is InChI=1S/C39H44O/c1-3-5-7-9-11-17-29-23-25-37-35(27-29)39(33-21-15-13-19-31(33)32-20-14-16-22-34(32)39)36-28-30(24-26-38(36)40-37)18-12-10-8-6-4-2/h13-16,19-28H,3-12,17-18H2,1-2H3. The number of ether oxygens (including phenoxy) is 1. The summed E-state index contributed by atoms with van der Waals surface area (Å²) in [6.45, 7) is 4.58. The van der Waals surface area contributed by atoms with Gasteiger partial charge in [-0.05, 0) is 71.2 Å². The highest BCUT2D eigenvalue weighted by atomic mass is 16.5. The second-order valence-electron chi connectivity index (χ2n) is 11.9. The van der Waals surface area contributed by atoms with E-state index >= 15 is 0 Å². The molecule has 0 aromatic heterocycles. The molecule has 1 heteroatoms. The van der Waals surface area contributed by atoms with Crippen LogP contribution < -0.4 is 4.74 Å². The Balaban J connectivity index is 1.47. The molecular weight excluding hydrogens is 484 g/mol. The molecule has 0 unspecified atom stereocenters. The van der Waals surface area contributed by atoms with Crippen molar-refractivity contribution in [3.63, 3.8) is 0 Å². The van der Waals surface area contributed by atoms with Crippen LogP contribution in [0.25, 0.3) is 11.1 Å². The monoisotopic (exact) mass is 528 g/mol. The molecule has 1 heterocycles. The fourth-order valence-electron chi connectivity index (χ4n) is 7.17. The van der Waals surface area contributed by atoms with Crippen LogP contribution in [-0.4, -0.2) is 0 Å². The minimum absolute atomic E-state index is 0.355. The zero-order valence-corrected chi connectivity index (χ0v) is 24.5. The molecule has 4 aromatic rings. The van der Waals surface area contributed by atoms with Crippen molar-refractivity contribution < 1.29 is 4.74 Å². The molecule has 206 valence electrons. The fourth-order valence-corrected chi connectivity index (χ4v) is 7.17. The molecule has 1 nitrogen and oxygen atoms in total. The molecule has 0 N–H and O–H groups in total. The Bertz CT molecular complexity index is 1350. The molecule has 0 atom stereocenters. The molecule has 0 saturated carbocycles. The van der Waals surface area contributed by atoms with Crippen molar-refractivity contribution >= 4 is 0 Å². The first-order valence-corrected chi connectivity index (χ1v) is 15.9. The summed E-state index contributed by atoms with van der Waals surface area (Å²) in [5.41, 5.74) is 10.6. The number of rotatable bonds is 12. The average Bonchev–Trinajstić information content (AvgIpc) is 3.29. The van der Waals surface area contributed by atoms with Crippen LogP contribution in [0.15, 0.2) is 84.9 Å². The summed E-state index contributed by atoms with van der Waals surface area (Å²) < 4.78 is 6.72. The van der Waals surface area contributed by atoms with E-state index in [0.29, 0.717) is 0 Å². The normalized spacial score (nSPS) is 13.8. The summed E-state index contributed by atoms with van der Waals surface area (Å²) in [6.07, 6.45) is 15.3. The van der Waals surface area contributed by atoms with Gasteiger partial charge in [-0.3, -0.25) is 0 Å². The average molecular weight is 529 g/mol. The lowest BCUT2D eigenvalue weighted by Crippen LogP contribution is -2.32. The SMILES string of the molecule is CCCCCCCc1ccc2c(c1)C1(c3cc(CCCCCCC)ccc3O2)c2ccccc2-c2ccccc21. The third kappa shape index (κ3) is 4.78. The predicted molar refractivity (Wildman–Crippen MR) is 169 cm³/mol. The van der Waals surface area contributed by atoms with Crippen LogP contribution in [0.1, 0.15) is 111 Å². The molecular formula is C39H44O. The van der Waals surface area contributed by atoms with Gasteiger partial charge in [0.05, 0.1) is 5.41 Å². The van der Waals surface area contributed by atoms with E-state index < -0.39 is 0 Å². The lowest BCUT2D eigenvalue weighted by Gasteiger charge is -2.40. The van der Waals surface area contributed by atoms with Crippen molar-refractivity contribution in [1.29, 1.82) is 0 Å². The molecule has 1 aliphatic carbocycles. The van der Waals surface area contributed by atoms with Crippen LogP contribution >= 0.6 is 0 Å². The minimum Gasteiger partial charge on any atom is -0.457 e. The lowest BCUT2D eigenvalue weighted by atomic mass is 9.65. The van der Waals surface area contributed by atoms with Gasteiger partial charge in [0.2, 0.25) is 0 Å². The second kappa shape index (κ2) is 12.0. The van der Waals surface area contributed by atoms with Gasteiger partial charge in [0, 0.05) is 11.1 Å². The second-order valence-corrected chi connectivity index (χ2v) is 11.9. The largest absolute Gasteiger partial charge is 0.457 e. The van der Waals surface area contributed by atoms with Crippen molar-refractivity contribution in [2.75, 3.05) is 0 Å². The van der Waals surface area contributed by atoms with Gasteiger partial charge in [-0.1, -0.05) is 138 Å². The highest BCUT2D eigenvalue weighted by Crippen LogP contribution is 2.62. The fraction of sp³-hybridized carbons (Fsp3) is 0.385. The van der Waals surface area contributed by atoms with E-state index in [-0.39, 0.29) is 5.41 Å². The van der Waals surface area contributed by atoms with Crippen LogP contribution in [0.2, 0.25) is 0 Å². The van der Waals surface area contributed by atoms with Crippen LogP contribution in [0.5, 0.6) is 11.5 Å². The lowest BCUT2D eigenvalue weighted by molar-refractivity contribution is 0.435.